The van der Waals surface area contributed by atoms with E-state index >= 15 is 0 Å². The van der Waals surface area contributed by atoms with Crippen molar-refractivity contribution in [2.24, 2.45) is 16.7 Å². The Bertz CT molecular complexity index is 725. The number of ketones is 1. The zero-order valence-corrected chi connectivity index (χ0v) is 14.5. The van der Waals surface area contributed by atoms with E-state index in [9.17, 15) is 9.18 Å². The summed E-state index contributed by atoms with van der Waals surface area (Å²) < 4.78 is 20.3. The number of Topliss-reactive ketones (excluding diaryl/α,β-unsaturated/α-hetero) is 1. The van der Waals surface area contributed by atoms with Gasteiger partial charge in [0.2, 0.25) is 0 Å². The molecule has 0 aromatic heterocycles. The molecule has 1 aromatic carbocycles. The van der Waals surface area contributed by atoms with Gasteiger partial charge in [-0.2, -0.15) is 0 Å². The standard InChI is InChI=1S/C21H25FO2/c1-13(22)21-11-8-14-12-15(24-3)4-5-16(14)17(21)9-10-20(2)18(21)6-7-19(20)23/h4-5,12,17-18H,1,6-11H2,2-3H3/t17-,18-,20+,21?/m1/s1. The number of allylic oxidation sites excluding steroid dienone is 1. The molecule has 3 aliphatic carbocycles. The molecule has 128 valence electrons. The fourth-order valence-electron chi connectivity index (χ4n) is 6.06. The van der Waals surface area contributed by atoms with Crippen LogP contribution in [0.3, 0.4) is 0 Å². The first-order chi connectivity index (χ1) is 11.4. The average molecular weight is 328 g/mol. The van der Waals surface area contributed by atoms with Gasteiger partial charge in [-0.05, 0) is 67.2 Å². The van der Waals surface area contributed by atoms with Crippen LogP contribution in [0.4, 0.5) is 4.39 Å². The van der Waals surface area contributed by atoms with Crippen LogP contribution < -0.4 is 4.74 Å². The Kier molecular flexibility index (Phi) is 3.42. The van der Waals surface area contributed by atoms with Crippen molar-refractivity contribution in [1.29, 1.82) is 0 Å². The fourth-order valence-corrected chi connectivity index (χ4v) is 6.06. The summed E-state index contributed by atoms with van der Waals surface area (Å²) in [4.78, 5) is 12.5. The number of ether oxygens (including phenoxy) is 1. The molecule has 0 radical (unpaired) electrons. The predicted molar refractivity (Wildman–Crippen MR) is 91.8 cm³/mol. The predicted octanol–water partition coefficient (Wildman–Crippen LogP) is 4.97. The highest BCUT2D eigenvalue weighted by atomic mass is 19.1. The van der Waals surface area contributed by atoms with E-state index in [1.807, 2.05) is 6.07 Å². The van der Waals surface area contributed by atoms with Gasteiger partial charge in [-0.15, -0.1) is 0 Å². The van der Waals surface area contributed by atoms with Crippen molar-refractivity contribution in [3.05, 3.63) is 41.7 Å². The maximum atomic E-state index is 15.0. The van der Waals surface area contributed by atoms with E-state index in [1.54, 1.807) is 7.11 Å². The van der Waals surface area contributed by atoms with E-state index in [1.165, 1.54) is 11.1 Å². The fraction of sp³-hybridized carbons (Fsp3) is 0.571. The Labute approximate surface area is 143 Å². The van der Waals surface area contributed by atoms with E-state index in [4.69, 9.17) is 4.74 Å². The maximum Gasteiger partial charge on any atom is 0.139 e. The highest BCUT2D eigenvalue weighted by Gasteiger charge is 2.63. The van der Waals surface area contributed by atoms with Crippen molar-refractivity contribution in [3.8, 4) is 5.75 Å². The number of methoxy groups -OCH3 is 1. The molecule has 0 saturated heterocycles. The molecule has 4 atom stereocenters. The first-order valence-corrected chi connectivity index (χ1v) is 8.98. The molecule has 3 aliphatic rings. The number of aryl methyl sites for hydroxylation is 1. The average Bonchev–Trinajstić information content (AvgIpc) is 2.89. The lowest BCUT2D eigenvalue weighted by molar-refractivity contribution is -0.132. The van der Waals surface area contributed by atoms with Crippen molar-refractivity contribution in [2.75, 3.05) is 7.11 Å². The molecule has 0 N–H and O–H groups in total. The lowest BCUT2D eigenvalue weighted by Gasteiger charge is -2.56. The molecule has 1 aromatic rings. The van der Waals surface area contributed by atoms with Crippen molar-refractivity contribution in [2.45, 2.75) is 51.4 Å². The van der Waals surface area contributed by atoms with Crippen LogP contribution in [-0.2, 0) is 11.2 Å². The Morgan fingerprint density at radius 2 is 2.08 bits per heavy atom. The monoisotopic (exact) mass is 328 g/mol. The summed E-state index contributed by atoms with van der Waals surface area (Å²) in [5, 5.41) is 0. The molecule has 0 bridgehead atoms. The number of hydrogen-bond donors (Lipinski definition) is 0. The van der Waals surface area contributed by atoms with Gasteiger partial charge in [0.25, 0.3) is 0 Å². The van der Waals surface area contributed by atoms with Crippen molar-refractivity contribution in [1.82, 2.24) is 0 Å². The van der Waals surface area contributed by atoms with Gasteiger partial charge in [0.15, 0.2) is 0 Å². The molecule has 24 heavy (non-hydrogen) atoms. The van der Waals surface area contributed by atoms with Gasteiger partial charge in [0, 0.05) is 17.3 Å². The number of hydrogen-bond acceptors (Lipinski definition) is 2. The largest absolute Gasteiger partial charge is 0.497 e. The smallest absolute Gasteiger partial charge is 0.139 e. The van der Waals surface area contributed by atoms with Crippen molar-refractivity contribution in [3.63, 3.8) is 0 Å². The molecule has 2 fully saturated rings. The number of benzene rings is 1. The summed E-state index contributed by atoms with van der Waals surface area (Å²) in [6.45, 7) is 5.84. The quantitative estimate of drug-likeness (QED) is 0.766. The molecule has 3 heteroatoms. The van der Waals surface area contributed by atoms with Crippen LogP contribution in [-0.4, -0.2) is 12.9 Å². The number of rotatable bonds is 2. The van der Waals surface area contributed by atoms with Crippen molar-refractivity contribution < 1.29 is 13.9 Å². The molecule has 0 heterocycles. The molecular weight excluding hydrogens is 303 g/mol. The third kappa shape index (κ3) is 1.84. The second-order valence-electron chi connectivity index (χ2n) is 8.03. The first kappa shape index (κ1) is 15.9. The third-order valence-electron chi connectivity index (χ3n) is 7.30. The van der Waals surface area contributed by atoms with Gasteiger partial charge in [-0.1, -0.05) is 19.6 Å². The Morgan fingerprint density at radius 3 is 2.79 bits per heavy atom. The number of halogens is 1. The van der Waals surface area contributed by atoms with Crippen LogP contribution in [0.15, 0.2) is 30.6 Å². The zero-order valence-electron chi connectivity index (χ0n) is 14.5. The maximum absolute atomic E-state index is 15.0. The second-order valence-corrected chi connectivity index (χ2v) is 8.03. The summed E-state index contributed by atoms with van der Waals surface area (Å²) in [6.07, 6.45) is 4.70. The molecule has 2 nitrogen and oxygen atoms in total. The molecule has 0 spiro atoms. The second kappa shape index (κ2) is 5.18. The lowest BCUT2D eigenvalue weighted by Crippen LogP contribution is -2.51. The number of fused-ring (bicyclic) bond motifs is 5. The Balaban J connectivity index is 1.85. The molecule has 1 unspecified atom stereocenters. The van der Waals surface area contributed by atoms with Crippen LogP contribution in [0, 0.1) is 16.7 Å². The van der Waals surface area contributed by atoms with Crippen LogP contribution in [0.2, 0.25) is 0 Å². The van der Waals surface area contributed by atoms with Gasteiger partial charge < -0.3 is 4.74 Å². The van der Waals surface area contributed by atoms with Gasteiger partial charge in [0.05, 0.1) is 12.9 Å². The number of carbonyl (C=O) groups excluding carboxylic acids is 1. The highest BCUT2D eigenvalue weighted by Crippen LogP contribution is 2.68. The zero-order chi connectivity index (χ0) is 17.1. The minimum absolute atomic E-state index is 0.0870. The van der Waals surface area contributed by atoms with Gasteiger partial charge in [0.1, 0.15) is 11.5 Å². The molecule has 2 saturated carbocycles. The number of carbonyl (C=O) groups is 1. The van der Waals surface area contributed by atoms with E-state index < -0.39 is 5.41 Å². The molecular formula is C21H25FO2. The van der Waals surface area contributed by atoms with Gasteiger partial charge in [-0.25, -0.2) is 4.39 Å². The third-order valence-corrected chi connectivity index (χ3v) is 7.30. The summed E-state index contributed by atoms with van der Waals surface area (Å²) in [5.74, 6) is 1.20. The molecule has 0 amide bonds. The van der Waals surface area contributed by atoms with Crippen LogP contribution in [0.1, 0.15) is 56.1 Å². The van der Waals surface area contributed by atoms with Crippen LogP contribution in [0.5, 0.6) is 5.75 Å². The van der Waals surface area contributed by atoms with Crippen molar-refractivity contribution >= 4 is 5.78 Å². The topological polar surface area (TPSA) is 26.3 Å². The van der Waals surface area contributed by atoms with E-state index in [-0.39, 0.29) is 23.1 Å². The summed E-state index contributed by atoms with van der Waals surface area (Å²) in [5.41, 5.74) is 1.57. The van der Waals surface area contributed by atoms with Crippen LogP contribution in [0.25, 0.3) is 0 Å². The van der Waals surface area contributed by atoms with Gasteiger partial charge >= 0.3 is 0 Å². The summed E-state index contributed by atoms with van der Waals surface area (Å²) in [6, 6.07) is 6.17. The Morgan fingerprint density at radius 1 is 1.29 bits per heavy atom. The normalized spacial score (nSPS) is 37.4. The van der Waals surface area contributed by atoms with E-state index in [0.717, 1.165) is 37.9 Å². The summed E-state index contributed by atoms with van der Waals surface area (Å²) >= 11 is 0. The van der Waals surface area contributed by atoms with Gasteiger partial charge in [-0.3, -0.25) is 4.79 Å². The summed E-state index contributed by atoms with van der Waals surface area (Å²) in [7, 11) is 1.68. The first-order valence-electron chi connectivity index (χ1n) is 8.98. The molecule has 4 rings (SSSR count). The van der Waals surface area contributed by atoms with E-state index in [0.29, 0.717) is 12.2 Å². The van der Waals surface area contributed by atoms with Crippen LogP contribution >= 0.6 is 0 Å². The minimum atomic E-state index is -0.569. The molecule has 0 aliphatic heterocycles. The highest BCUT2D eigenvalue weighted by molar-refractivity contribution is 5.87. The Hall–Kier alpha value is -1.64. The minimum Gasteiger partial charge on any atom is -0.497 e. The lowest BCUT2D eigenvalue weighted by atomic mass is 9.47. The van der Waals surface area contributed by atoms with E-state index in [2.05, 4.69) is 25.6 Å². The SMILES string of the molecule is C=C(F)C12CCc3cc(OC)ccc3[C@H]1CC[C@]1(C)C(=O)CC[C@@H]21.